The Kier molecular flexibility index (Phi) is 4.66. The second kappa shape index (κ2) is 6.70. The van der Waals surface area contributed by atoms with Crippen LogP contribution < -0.4 is 0 Å². The summed E-state index contributed by atoms with van der Waals surface area (Å²) in [7, 11) is 0. The third-order valence-corrected chi connectivity index (χ3v) is 4.68. The van der Waals surface area contributed by atoms with Gasteiger partial charge >= 0.3 is 0 Å². The highest BCUT2D eigenvalue weighted by Gasteiger charge is 2.36. The van der Waals surface area contributed by atoms with E-state index in [-0.39, 0.29) is 17.9 Å². The summed E-state index contributed by atoms with van der Waals surface area (Å²) in [5, 5.41) is 3.90. The maximum atomic E-state index is 12.7. The number of carbonyl (C=O) groups is 2. The van der Waals surface area contributed by atoms with Gasteiger partial charge in [0.15, 0.2) is 5.76 Å². The standard InChI is InChI=1S/C16H24N4O3/c1-12-10-14(23-17-12)11-18-6-8-19(9-7-18)16(22)15-4-3-5-20(15)13(2)21/h10,15H,3-9,11H2,1-2H3/t15-/m0/s1. The van der Waals surface area contributed by atoms with Crippen LogP contribution in [-0.4, -0.2) is 70.4 Å². The van der Waals surface area contributed by atoms with Crippen LogP contribution in [0.3, 0.4) is 0 Å². The molecule has 7 nitrogen and oxygen atoms in total. The summed E-state index contributed by atoms with van der Waals surface area (Å²) >= 11 is 0. The number of hydrogen-bond donors (Lipinski definition) is 0. The number of hydrogen-bond acceptors (Lipinski definition) is 5. The van der Waals surface area contributed by atoms with Crippen LogP contribution in [0, 0.1) is 6.92 Å². The highest BCUT2D eigenvalue weighted by Crippen LogP contribution is 2.20. The topological polar surface area (TPSA) is 69.9 Å². The fourth-order valence-electron chi connectivity index (χ4n) is 3.45. The van der Waals surface area contributed by atoms with Gasteiger partial charge in [-0.25, -0.2) is 0 Å². The molecule has 1 aromatic rings. The van der Waals surface area contributed by atoms with Gasteiger partial charge in [0.2, 0.25) is 11.8 Å². The summed E-state index contributed by atoms with van der Waals surface area (Å²) < 4.78 is 5.25. The largest absolute Gasteiger partial charge is 0.360 e. The number of aromatic nitrogens is 1. The molecule has 126 valence electrons. The monoisotopic (exact) mass is 320 g/mol. The quantitative estimate of drug-likeness (QED) is 0.817. The number of aryl methyl sites for hydroxylation is 1. The Balaban J connectivity index is 1.52. The van der Waals surface area contributed by atoms with Crippen LogP contribution in [0.4, 0.5) is 0 Å². The van der Waals surface area contributed by atoms with Crippen molar-refractivity contribution < 1.29 is 14.1 Å². The average molecular weight is 320 g/mol. The summed E-state index contributed by atoms with van der Waals surface area (Å²) in [6.45, 7) is 7.93. The molecule has 2 aliphatic heterocycles. The van der Waals surface area contributed by atoms with Crippen LogP contribution in [0.2, 0.25) is 0 Å². The highest BCUT2D eigenvalue weighted by atomic mass is 16.5. The molecule has 0 unspecified atom stereocenters. The molecule has 2 saturated heterocycles. The molecule has 3 rings (SSSR count). The molecule has 2 aliphatic rings. The molecule has 0 N–H and O–H groups in total. The van der Waals surface area contributed by atoms with E-state index in [9.17, 15) is 9.59 Å². The lowest BCUT2D eigenvalue weighted by Gasteiger charge is -2.36. The molecule has 0 bridgehead atoms. The number of amides is 2. The van der Waals surface area contributed by atoms with Crippen LogP contribution in [0.15, 0.2) is 10.6 Å². The van der Waals surface area contributed by atoms with Crippen molar-refractivity contribution >= 4 is 11.8 Å². The second-order valence-electron chi connectivity index (χ2n) is 6.41. The molecule has 1 aromatic heterocycles. The SMILES string of the molecule is CC(=O)N1CCC[C@H]1C(=O)N1CCN(Cc2cc(C)no2)CC1. The van der Waals surface area contributed by atoms with E-state index in [1.165, 1.54) is 0 Å². The van der Waals surface area contributed by atoms with E-state index < -0.39 is 0 Å². The fourth-order valence-corrected chi connectivity index (χ4v) is 3.45. The molecule has 7 heteroatoms. The molecular formula is C16H24N4O3. The normalized spacial score (nSPS) is 22.6. The van der Waals surface area contributed by atoms with Crippen molar-refractivity contribution in [1.29, 1.82) is 0 Å². The van der Waals surface area contributed by atoms with Crippen molar-refractivity contribution in [1.82, 2.24) is 19.9 Å². The Morgan fingerprint density at radius 1 is 1.26 bits per heavy atom. The van der Waals surface area contributed by atoms with Crippen molar-refractivity contribution in [2.24, 2.45) is 0 Å². The first kappa shape index (κ1) is 16.0. The van der Waals surface area contributed by atoms with Crippen molar-refractivity contribution in [2.75, 3.05) is 32.7 Å². The lowest BCUT2D eigenvalue weighted by molar-refractivity contribution is -0.144. The molecule has 2 amide bonds. The Hall–Kier alpha value is -1.89. The Morgan fingerprint density at radius 2 is 2.00 bits per heavy atom. The first-order valence-electron chi connectivity index (χ1n) is 8.25. The molecule has 0 aromatic carbocycles. The van der Waals surface area contributed by atoms with Gasteiger partial charge in [-0.05, 0) is 19.8 Å². The van der Waals surface area contributed by atoms with Gasteiger partial charge in [0, 0.05) is 45.7 Å². The number of likely N-dealkylation sites (tertiary alicyclic amines) is 1. The minimum Gasteiger partial charge on any atom is -0.360 e. The van der Waals surface area contributed by atoms with E-state index in [4.69, 9.17) is 4.52 Å². The first-order valence-corrected chi connectivity index (χ1v) is 8.25. The number of nitrogens with zero attached hydrogens (tertiary/aromatic N) is 4. The third-order valence-electron chi connectivity index (χ3n) is 4.68. The minimum atomic E-state index is -0.254. The van der Waals surface area contributed by atoms with Gasteiger partial charge in [-0.15, -0.1) is 0 Å². The second-order valence-corrected chi connectivity index (χ2v) is 6.41. The van der Waals surface area contributed by atoms with Crippen LogP contribution in [0.1, 0.15) is 31.2 Å². The van der Waals surface area contributed by atoms with Crippen molar-refractivity contribution in [3.05, 3.63) is 17.5 Å². The first-order chi connectivity index (χ1) is 11.0. The smallest absolute Gasteiger partial charge is 0.245 e. The third kappa shape index (κ3) is 3.55. The van der Waals surface area contributed by atoms with Crippen LogP contribution in [-0.2, 0) is 16.1 Å². The van der Waals surface area contributed by atoms with Crippen molar-refractivity contribution in [3.63, 3.8) is 0 Å². The van der Waals surface area contributed by atoms with E-state index >= 15 is 0 Å². The summed E-state index contributed by atoms with van der Waals surface area (Å²) in [6.07, 6.45) is 1.71. The van der Waals surface area contributed by atoms with Gasteiger partial charge in [-0.2, -0.15) is 0 Å². The number of piperazine rings is 1. The molecule has 3 heterocycles. The lowest BCUT2D eigenvalue weighted by Crippen LogP contribution is -2.54. The van der Waals surface area contributed by atoms with E-state index in [0.717, 1.165) is 43.9 Å². The molecule has 0 radical (unpaired) electrons. The Morgan fingerprint density at radius 3 is 2.61 bits per heavy atom. The summed E-state index contributed by atoms with van der Waals surface area (Å²) in [5.74, 6) is 0.967. The Bertz CT molecular complexity index is 578. The van der Waals surface area contributed by atoms with E-state index in [1.807, 2.05) is 17.9 Å². The predicted octanol–water partition coefficient (Wildman–Crippen LogP) is 0.638. The van der Waals surface area contributed by atoms with Crippen LogP contribution >= 0.6 is 0 Å². The summed E-state index contributed by atoms with van der Waals surface area (Å²) in [5.41, 5.74) is 0.888. The van der Waals surface area contributed by atoms with Gasteiger partial charge in [0.05, 0.1) is 12.2 Å². The summed E-state index contributed by atoms with van der Waals surface area (Å²) in [4.78, 5) is 30.2. The van der Waals surface area contributed by atoms with E-state index in [2.05, 4.69) is 10.1 Å². The van der Waals surface area contributed by atoms with Gasteiger partial charge in [-0.3, -0.25) is 14.5 Å². The van der Waals surface area contributed by atoms with Gasteiger partial charge < -0.3 is 14.3 Å². The fraction of sp³-hybridized carbons (Fsp3) is 0.688. The van der Waals surface area contributed by atoms with E-state index in [0.29, 0.717) is 19.6 Å². The highest BCUT2D eigenvalue weighted by molar-refractivity contribution is 5.87. The van der Waals surface area contributed by atoms with Crippen molar-refractivity contribution in [3.8, 4) is 0 Å². The molecule has 0 aliphatic carbocycles. The zero-order valence-corrected chi connectivity index (χ0v) is 13.8. The minimum absolute atomic E-state index is 0.000162. The van der Waals surface area contributed by atoms with Gasteiger partial charge in [-0.1, -0.05) is 5.16 Å². The zero-order chi connectivity index (χ0) is 16.4. The lowest BCUT2D eigenvalue weighted by atomic mass is 10.1. The molecular weight excluding hydrogens is 296 g/mol. The Labute approximate surface area is 136 Å². The van der Waals surface area contributed by atoms with Crippen molar-refractivity contribution in [2.45, 2.75) is 39.3 Å². The molecule has 0 spiro atoms. The molecule has 0 saturated carbocycles. The molecule has 23 heavy (non-hydrogen) atoms. The van der Waals surface area contributed by atoms with E-state index in [1.54, 1.807) is 11.8 Å². The zero-order valence-electron chi connectivity index (χ0n) is 13.8. The van der Waals surface area contributed by atoms with Crippen LogP contribution in [0.25, 0.3) is 0 Å². The number of carbonyl (C=O) groups excluding carboxylic acids is 2. The van der Waals surface area contributed by atoms with Gasteiger partial charge in [0.1, 0.15) is 6.04 Å². The number of rotatable bonds is 3. The summed E-state index contributed by atoms with van der Waals surface area (Å²) in [6, 6.07) is 1.69. The maximum absolute atomic E-state index is 12.7. The predicted molar refractivity (Wildman–Crippen MR) is 83.5 cm³/mol. The molecule has 1 atom stereocenters. The maximum Gasteiger partial charge on any atom is 0.245 e. The average Bonchev–Trinajstić information content (AvgIpc) is 3.16. The van der Waals surface area contributed by atoms with Gasteiger partial charge in [0.25, 0.3) is 0 Å². The van der Waals surface area contributed by atoms with Crippen LogP contribution in [0.5, 0.6) is 0 Å². The molecule has 2 fully saturated rings.